The summed E-state index contributed by atoms with van der Waals surface area (Å²) in [5.74, 6) is 0. The van der Waals surface area contributed by atoms with Gasteiger partial charge in [-0.25, -0.2) is 13.7 Å². The molecular weight excluding hydrogens is 361 g/mol. The number of hydrogen-bond acceptors (Lipinski definition) is 9. The van der Waals surface area contributed by atoms with Crippen LogP contribution in [0.25, 0.3) is 0 Å². The number of hydrogen-bond donors (Lipinski definition) is 6. The highest BCUT2D eigenvalue weighted by Gasteiger charge is 2.42. The summed E-state index contributed by atoms with van der Waals surface area (Å²) in [4.78, 5) is 34.6. The third-order valence-corrected chi connectivity index (χ3v) is 5.88. The average molecular weight is 374 g/mol. The molecule has 1 aliphatic rings. The Labute approximate surface area is 117 Å². The molecule has 3 unspecified atom stereocenters. The second-order valence-corrected chi connectivity index (χ2v) is 8.24. The third-order valence-electron chi connectivity index (χ3n) is 2.07. The summed E-state index contributed by atoms with van der Waals surface area (Å²) in [7, 11) is -16.3. The topological polar surface area (TPSA) is 210 Å². The van der Waals surface area contributed by atoms with Crippen LogP contribution in [-0.4, -0.2) is 61.3 Å². The minimum Gasteiger partial charge on any atom is -0.388 e. The van der Waals surface area contributed by atoms with Crippen molar-refractivity contribution < 1.29 is 61.4 Å². The molecule has 0 bridgehead atoms. The lowest BCUT2D eigenvalue weighted by Gasteiger charge is -2.19. The van der Waals surface area contributed by atoms with Gasteiger partial charge in [0.15, 0.2) is 0 Å². The highest BCUT2D eigenvalue weighted by atomic mass is 31.3. The first kappa shape index (κ1) is 19.3. The van der Waals surface area contributed by atoms with Gasteiger partial charge in [-0.1, -0.05) is 0 Å². The van der Waals surface area contributed by atoms with Crippen molar-refractivity contribution in [3.8, 4) is 0 Å². The summed E-state index contributed by atoms with van der Waals surface area (Å²) >= 11 is 0. The molecule has 0 aromatic heterocycles. The molecule has 0 aromatic rings. The fraction of sp³-hybridized carbons (Fsp3) is 1.00. The Morgan fingerprint density at radius 2 is 1.57 bits per heavy atom. The van der Waals surface area contributed by atoms with Crippen LogP contribution in [-0.2, 0) is 31.6 Å². The van der Waals surface area contributed by atoms with Gasteiger partial charge in [0.05, 0.1) is 13.2 Å². The van der Waals surface area contributed by atoms with Gasteiger partial charge in [0.1, 0.15) is 18.3 Å². The summed E-state index contributed by atoms with van der Waals surface area (Å²) in [5.41, 5.74) is 0. The summed E-state index contributed by atoms with van der Waals surface area (Å²) in [5, 5.41) is 18.5. The zero-order chi connectivity index (χ0) is 16.5. The van der Waals surface area contributed by atoms with Crippen molar-refractivity contribution in [2.45, 2.75) is 18.3 Å². The van der Waals surface area contributed by atoms with Gasteiger partial charge in [0, 0.05) is 0 Å². The zero-order valence-corrected chi connectivity index (χ0v) is 12.7. The molecule has 16 heteroatoms. The van der Waals surface area contributed by atoms with Crippen molar-refractivity contribution in [2.75, 3.05) is 13.2 Å². The van der Waals surface area contributed by atoms with E-state index in [1.165, 1.54) is 0 Å². The van der Waals surface area contributed by atoms with E-state index in [2.05, 4.69) is 13.1 Å². The van der Waals surface area contributed by atoms with Gasteiger partial charge in [0.25, 0.3) is 0 Å². The predicted octanol–water partition coefficient (Wildman–Crippen LogP) is -1.55. The van der Waals surface area contributed by atoms with Gasteiger partial charge in [-0.15, -0.1) is 0 Å². The van der Waals surface area contributed by atoms with Crippen molar-refractivity contribution in [3.05, 3.63) is 0 Å². The van der Waals surface area contributed by atoms with E-state index in [9.17, 15) is 18.8 Å². The Bertz CT molecular complexity index is 498. The molecule has 13 nitrogen and oxygen atoms in total. The molecule has 0 aliphatic carbocycles. The molecular formula is C5H13O13P3. The van der Waals surface area contributed by atoms with Gasteiger partial charge in [-0.3, -0.25) is 4.52 Å². The second kappa shape index (κ2) is 6.81. The molecule has 1 rings (SSSR count). The maximum atomic E-state index is 11.3. The van der Waals surface area contributed by atoms with E-state index in [1.54, 1.807) is 0 Å². The van der Waals surface area contributed by atoms with Crippen LogP contribution in [0.3, 0.4) is 0 Å². The quantitative estimate of drug-likeness (QED) is 0.279. The van der Waals surface area contributed by atoms with E-state index in [-0.39, 0.29) is 6.61 Å². The molecule has 126 valence electrons. The molecule has 0 radical (unpaired) electrons. The Hall–Kier alpha value is 0.290. The van der Waals surface area contributed by atoms with Gasteiger partial charge >= 0.3 is 23.5 Å². The van der Waals surface area contributed by atoms with E-state index in [0.717, 1.165) is 0 Å². The van der Waals surface area contributed by atoms with E-state index in [4.69, 9.17) is 29.4 Å². The Morgan fingerprint density at radius 1 is 1.00 bits per heavy atom. The molecule has 1 aliphatic heterocycles. The van der Waals surface area contributed by atoms with Crippen molar-refractivity contribution in [2.24, 2.45) is 0 Å². The number of ether oxygens (including phenoxy) is 1. The molecule has 5 atom stereocenters. The van der Waals surface area contributed by atoms with Gasteiger partial charge in [0.2, 0.25) is 0 Å². The monoisotopic (exact) mass is 374 g/mol. The molecule has 1 fully saturated rings. The lowest BCUT2D eigenvalue weighted by Crippen LogP contribution is -2.32. The number of phosphoric acid groups is 3. The van der Waals surface area contributed by atoms with Crippen molar-refractivity contribution in [1.82, 2.24) is 0 Å². The van der Waals surface area contributed by atoms with Gasteiger partial charge in [-0.2, -0.15) is 8.62 Å². The second-order valence-electron chi connectivity index (χ2n) is 3.82. The number of aliphatic hydroxyl groups is 2. The molecule has 21 heavy (non-hydrogen) atoms. The fourth-order valence-electron chi connectivity index (χ4n) is 1.28. The third kappa shape index (κ3) is 6.93. The lowest BCUT2D eigenvalue weighted by molar-refractivity contribution is -0.00592. The Balaban J connectivity index is 2.56. The first-order valence-electron chi connectivity index (χ1n) is 5.07. The minimum absolute atomic E-state index is 0.258. The number of phosphoric ester groups is 1. The molecule has 6 N–H and O–H groups in total. The van der Waals surface area contributed by atoms with E-state index in [1.807, 2.05) is 0 Å². The first-order valence-corrected chi connectivity index (χ1v) is 9.59. The largest absolute Gasteiger partial charge is 0.490 e. The summed E-state index contributed by atoms with van der Waals surface area (Å²) < 4.78 is 48.6. The molecule has 0 spiro atoms. The molecule has 1 saturated heterocycles. The maximum absolute atomic E-state index is 11.3. The maximum Gasteiger partial charge on any atom is 0.490 e. The standard InChI is InChI=1S/C5H13O13P3/c6-3-1-15-4(5(3)7)2-16-20(11,12)18-21(13,14)17-19(8,9)10/h3-7H,1-2H2,(H,11,12)(H,13,14)(H2,8,9,10)/t3?,4-,5+/m1/s1. The van der Waals surface area contributed by atoms with Crippen LogP contribution in [0.4, 0.5) is 0 Å². The van der Waals surface area contributed by atoms with Gasteiger partial charge < -0.3 is 34.5 Å². The molecule has 0 amide bonds. The van der Waals surface area contributed by atoms with E-state index >= 15 is 0 Å². The van der Waals surface area contributed by atoms with Crippen molar-refractivity contribution >= 4 is 23.5 Å². The normalized spacial score (nSPS) is 32.6. The van der Waals surface area contributed by atoms with Crippen LogP contribution in [0, 0.1) is 0 Å². The zero-order valence-electron chi connectivity index (χ0n) is 10.0. The Kier molecular flexibility index (Phi) is 6.27. The molecule has 1 heterocycles. The SMILES string of the molecule is O=P(O)(O)OP(=O)(O)OP(=O)(O)OC[C@H]1OCC(O)[C@@H]1O. The lowest BCUT2D eigenvalue weighted by atomic mass is 10.2. The van der Waals surface area contributed by atoms with Crippen molar-refractivity contribution in [1.29, 1.82) is 0 Å². The Morgan fingerprint density at radius 3 is 2.00 bits per heavy atom. The van der Waals surface area contributed by atoms with E-state index in [0.29, 0.717) is 0 Å². The van der Waals surface area contributed by atoms with Crippen LogP contribution in [0.15, 0.2) is 0 Å². The number of aliphatic hydroxyl groups excluding tert-OH is 2. The van der Waals surface area contributed by atoms with Crippen LogP contribution >= 0.6 is 23.5 Å². The van der Waals surface area contributed by atoms with Crippen LogP contribution < -0.4 is 0 Å². The number of rotatable bonds is 7. The average Bonchev–Trinajstić information content (AvgIpc) is 2.52. The van der Waals surface area contributed by atoms with Crippen molar-refractivity contribution in [3.63, 3.8) is 0 Å². The van der Waals surface area contributed by atoms with Gasteiger partial charge in [-0.05, 0) is 0 Å². The minimum atomic E-state index is -5.58. The smallest absolute Gasteiger partial charge is 0.388 e. The molecule has 0 saturated carbocycles. The van der Waals surface area contributed by atoms with Crippen LogP contribution in [0.2, 0.25) is 0 Å². The highest BCUT2D eigenvalue weighted by molar-refractivity contribution is 7.66. The summed E-state index contributed by atoms with van der Waals surface area (Å²) in [6.45, 7) is -1.06. The van der Waals surface area contributed by atoms with Crippen LogP contribution in [0.5, 0.6) is 0 Å². The molecule has 0 aromatic carbocycles. The first-order chi connectivity index (χ1) is 9.31. The highest BCUT2D eigenvalue weighted by Crippen LogP contribution is 2.66. The fourth-order valence-corrected chi connectivity index (χ4v) is 4.31. The summed E-state index contributed by atoms with van der Waals surface area (Å²) in [6, 6.07) is 0. The predicted molar refractivity (Wildman–Crippen MR) is 61.6 cm³/mol. The van der Waals surface area contributed by atoms with Crippen LogP contribution in [0.1, 0.15) is 0 Å². The van der Waals surface area contributed by atoms with E-state index < -0.39 is 48.4 Å². The summed E-state index contributed by atoms with van der Waals surface area (Å²) in [6.07, 6.45) is -3.86.